The zero-order chi connectivity index (χ0) is 14.8. The zero-order valence-electron chi connectivity index (χ0n) is 12.3. The summed E-state index contributed by atoms with van der Waals surface area (Å²) in [4.78, 5) is 8.26. The van der Waals surface area contributed by atoms with Crippen molar-refractivity contribution in [1.29, 1.82) is 0 Å². The molecule has 0 atom stereocenters. The Hall–Kier alpha value is -1.36. The first-order valence-corrected chi connectivity index (χ1v) is 9.04. The number of aromatic nitrogens is 2. The molecule has 0 fully saturated rings. The van der Waals surface area contributed by atoms with Gasteiger partial charge in [0.25, 0.3) is 0 Å². The second kappa shape index (κ2) is 5.95. The number of rotatable bonds is 6. The minimum Gasteiger partial charge on any atom is -0.342 e. The van der Waals surface area contributed by atoms with E-state index >= 15 is 0 Å². The van der Waals surface area contributed by atoms with Gasteiger partial charge in [-0.05, 0) is 31.0 Å². The van der Waals surface area contributed by atoms with Gasteiger partial charge in [0, 0.05) is 12.2 Å². The van der Waals surface area contributed by atoms with Crippen LogP contribution in [0.2, 0.25) is 0 Å². The maximum absolute atomic E-state index is 11.6. The van der Waals surface area contributed by atoms with Crippen molar-refractivity contribution in [2.24, 2.45) is 0 Å². The molecule has 0 radical (unpaired) electrons. The summed E-state index contributed by atoms with van der Waals surface area (Å²) in [6, 6.07) is 5.08. The first-order valence-electron chi connectivity index (χ1n) is 7.15. The van der Waals surface area contributed by atoms with Gasteiger partial charge in [-0.2, -0.15) is 0 Å². The van der Waals surface area contributed by atoms with Crippen LogP contribution in [-0.4, -0.2) is 24.6 Å². The van der Waals surface area contributed by atoms with E-state index in [0.29, 0.717) is 10.8 Å². The molecule has 1 heterocycles. The molecular weight excluding hydrogens is 272 g/mol. The monoisotopic (exact) mass is 294 g/mol. The first kappa shape index (κ1) is 15.0. The minimum absolute atomic E-state index is 0.336. The Morgan fingerprint density at radius 1 is 1.20 bits per heavy atom. The number of nitrogens with one attached hydrogen (secondary N) is 1. The van der Waals surface area contributed by atoms with E-state index in [2.05, 4.69) is 23.8 Å². The Balaban J connectivity index is 2.42. The van der Waals surface area contributed by atoms with Gasteiger partial charge in [-0.1, -0.05) is 26.7 Å². The summed E-state index contributed by atoms with van der Waals surface area (Å²) in [5.74, 6) is 1.41. The van der Waals surface area contributed by atoms with E-state index in [1.165, 1.54) is 6.26 Å². The summed E-state index contributed by atoms with van der Waals surface area (Å²) >= 11 is 0. The summed E-state index contributed by atoms with van der Waals surface area (Å²) in [5, 5.41) is 0. The molecule has 2 rings (SSSR count). The van der Waals surface area contributed by atoms with Crippen LogP contribution in [0.4, 0.5) is 0 Å². The standard InChI is InChI=1S/C15H22N2O2S/c1-4-6-11(7-5-2)15-16-13-9-8-12(20(3,18)19)10-14(13)17-15/h8-11H,4-7H2,1-3H3,(H,16,17). The number of aromatic amines is 1. The molecule has 0 amide bonds. The fourth-order valence-electron chi connectivity index (χ4n) is 2.55. The SMILES string of the molecule is CCCC(CCC)c1nc2ccc(S(C)(=O)=O)cc2[nH]1. The van der Waals surface area contributed by atoms with Crippen LogP contribution < -0.4 is 0 Å². The van der Waals surface area contributed by atoms with E-state index in [1.54, 1.807) is 18.2 Å². The predicted molar refractivity (Wildman–Crippen MR) is 81.8 cm³/mol. The third-order valence-corrected chi connectivity index (χ3v) is 4.67. The average molecular weight is 294 g/mol. The van der Waals surface area contributed by atoms with Gasteiger partial charge in [-0.25, -0.2) is 13.4 Å². The molecule has 4 nitrogen and oxygen atoms in total. The van der Waals surface area contributed by atoms with Crippen LogP contribution >= 0.6 is 0 Å². The molecule has 0 spiro atoms. The van der Waals surface area contributed by atoms with Crippen LogP contribution in [0.3, 0.4) is 0 Å². The van der Waals surface area contributed by atoms with Crippen LogP contribution in [0.25, 0.3) is 11.0 Å². The second-order valence-corrected chi connectivity index (χ2v) is 7.36. The molecule has 5 heteroatoms. The summed E-state index contributed by atoms with van der Waals surface area (Å²) in [6.07, 6.45) is 5.67. The molecule has 0 aliphatic rings. The maximum atomic E-state index is 11.6. The lowest BCUT2D eigenvalue weighted by atomic mass is 9.98. The highest BCUT2D eigenvalue weighted by atomic mass is 32.2. The van der Waals surface area contributed by atoms with Gasteiger partial charge in [0.05, 0.1) is 15.9 Å². The molecule has 0 bridgehead atoms. The number of sulfone groups is 1. The normalized spacial score (nSPS) is 12.4. The first-order chi connectivity index (χ1) is 9.45. The van der Waals surface area contributed by atoms with Crippen LogP contribution in [-0.2, 0) is 9.84 Å². The van der Waals surface area contributed by atoms with E-state index in [0.717, 1.165) is 42.5 Å². The summed E-state index contributed by atoms with van der Waals surface area (Å²) in [5.41, 5.74) is 1.64. The van der Waals surface area contributed by atoms with Gasteiger partial charge >= 0.3 is 0 Å². The number of fused-ring (bicyclic) bond motifs is 1. The van der Waals surface area contributed by atoms with Crippen molar-refractivity contribution >= 4 is 20.9 Å². The minimum atomic E-state index is -3.17. The van der Waals surface area contributed by atoms with Crippen molar-refractivity contribution in [3.63, 3.8) is 0 Å². The summed E-state index contributed by atoms with van der Waals surface area (Å²) in [7, 11) is -3.17. The molecular formula is C15H22N2O2S. The quantitative estimate of drug-likeness (QED) is 0.884. The Labute approximate surface area is 120 Å². The van der Waals surface area contributed by atoms with E-state index < -0.39 is 9.84 Å². The third kappa shape index (κ3) is 3.20. The fourth-order valence-corrected chi connectivity index (χ4v) is 3.19. The molecule has 2 aromatic rings. The van der Waals surface area contributed by atoms with Crippen molar-refractivity contribution < 1.29 is 8.42 Å². The Morgan fingerprint density at radius 2 is 1.85 bits per heavy atom. The second-order valence-electron chi connectivity index (χ2n) is 5.35. The zero-order valence-corrected chi connectivity index (χ0v) is 13.1. The predicted octanol–water partition coefficient (Wildman–Crippen LogP) is 3.65. The Bertz CT molecular complexity index is 683. The lowest BCUT2D eigenvalue weighted by molar-refractivity contribution is 0.539. The molecule has 110 valence electrons. The summed E-state index contributed by atoms with van der Waals surface area (Å²) in [6.45, 7) is 4.35. The number of benzene rings is 1. The highest BCUT2D eigenvalue weighted by Crippen LogP contribution is 2.27. The molecule has 20 heavy (non-hydrogen) atoms. The number of nitrogens with zero attached hydrogens (tertiary/aromatic N) is 1. The smallest absolute Gasteiger partial charge is 0.175 e. The number of hydrogen-bond acceptors (Lipinski definition) is 3. The van der Waals surface area contributed by atoms with Crippen LogP contribution in [0.1, 0.15) is 51.3 Å². The van der Waals surface area contributed by atoms with Crippen molar-refractivity contribution in [3.8, 4) is 0 Å². The van der Waals surface area contributed by atoms with Gasteiger partial charge < -0.3 is 4.98 Å². The van der Waals surface area contributed by atoms with Gasteiger partial charge in [0.1, 0.15) is 5.82 Å². The molecule has 1 N–H and O–H groups in total. The van der Waals surface area contributed by atoms with Crippen LogP contribution in [0, 0.1) is 0 Å². The Kier molecular flexibility index (Phi) is 4.48. The lowest BCUT2D eigenvalue weighted by Gasteiger charge is -2.11. The topological polar surface area (TPSA) is 62.8 Å². The van der Waals surface area contributed by atoms with E-state index in [1.807, 2.05) is 0 Å². The highest BCUT2D eigenvalue weighted by Gasteiger charge is 2.15. The fraction of sp³-hybridized carbons (Fsp3) is 0.533. The number of hydrogen-bond donors (Lipinski definition) is 1. The van der Waals surface area contributed by atoms with Crippen molar-refractivity contribution in [2.45, 2.75) is 50.3 Å². The van der Waals surface area contributed by atoms with Gasteiger partial charge in [-0.15, -0.1) is 0 Å². The van der Waals surface area contributed by atoms with Crippen LogP contribution in [0.15, 0.2) is 23.1 Å². The van der Waals surface area contributed by atoms with Gasteiger partial charge in [-0.3, -0.25) is 0 Å². The average Bonchev–Trinajstić information content (AvgIpc) is 2.80. The number of H-pyrrole nitrogens is 1. The molecule has 0 saturated heterocycles. The molecule has 0 unspecified atom stereocenters. The van der Waals surface area contributed by atoms with E-state index in [9.17, 15) is 8.42 Å². The van der Waals surface area contributed by atoms with Crippen molar-refractivity contribution in [1.82, 2.24) is 9.97 Å². The summed E-state index contributed by atoms with van der Waals surface area (Å²) < 4.78 is 23.2. The molecule has 0 aliphatic carbocycles. The largest absolute Gasteiger partial charge is 0.342 e. The van der Waals surface area contributed by atoms with Gasteiger partial charge in [0.15, 0.2) is 9.84 Å². The molecule has 0 aliphatic heterocycles. The van der Waals surface area contributed by atoms with Gasteiger partial charge in [0.2, 0.25) is 0 Å². The Morgan fingerprint density at radius 3 is 2.40 bits per heavy atom. The molecule has 0 saturated carbocycles. The lowest BCUT2D eigenvalue weighted by Crippen LogP contribution is -2.00. The van der Waals surface area contributed by atoms with Crippen molar-refractivity contribution in [3.05, 3.63) is 24.0 Å². The van der Waals surface area contributed by atoms with Crippen LogP contribution in [0.5, 0.6) is 0 Å². The molecule has 1 aromatic carbocycles. The van der Waals surface area contributed by atoms with E-state index in [4.69, 9.17) is 0 Å². The third-order valence-electron chi connectivity index (χ3n) is 3.56. The molecule has 1 aromatic heterocycles. The van der Waals surface area contributed by atoms with E-state index in [-0.39, 0.29) is 0 Å². The van der Waals surface area contributed by atoms with Crippen molar-refractivity contribution in [2.75, 3.05) is 6.26 Å². The highest BCUT2D eigenvalue weighted by molar-refractivity contribution is 7.90. The maximum Gasteiger partial charge on any atom is 0.175 e. The number of imidazole rings is 1.